The van der Waals surface area contributed by atoms with Crippen LogP contribution in [0, 0.1) is 6.92 Å². The van der Waals surface area contributed by atoms with Crippen LogP contribution in [0.15, 0.2) is 29.6 Å². The van der Waals surface area contributed by atoms with E-state index in [1.165, 1.54) is 0 Å². The molecular formula is C15H19N3OS. The number of nitrogens with zero attached hydrogens (tertiary/aromatic N) is 1. The Morgan fingerprint density at radius 1 is 1.40 bits per heavy atom. The van der Waals surface area contributed by atoms with Crippen LogP contribution in [0.2, 0.25) is 0 Å². The molecule has 0 saturated carbocycles. The monoisotopic (exact) mass is 289 g/mol. The molecule has 106 valence electrons. The third-order valence-electron chi connectivity index (χ3n) is 2.95. The Hall–Kier alpha value is -1.72. The number of nitrogens with two attached hydrogens (primary N) is 1. The lowest BCUT2D eigenvalue weighted by Crippen LogP contribution is -2.35. The fourth-order valence-electron chi connectivity index (χ4n) is 1.86. The summed E-state index contributed by atoms with van der Waals surface area (Å²) in [7, 11) is 0. The molecule has 1 unspecified atom stereocenters. The van der Waals surface area contributed by atoms with Gasteiger partial charge in [0.1, 0.15) is 5.01 Å². The summed E-state index contributed by atoms with van der Waals surface area (Å²) in [6, 6.07) is 7.23. The minimum atomic E-state index is -0.443. The van der Waals surface area contributed by atoms with E-state index >= 15 is 0 Å². The van der Waals surface area contributed by atoms with Crippen LogP contribution in [0.25, 0.3) is 10.6 Å². The molecule has 0 radical (unpaired) electrons. The van der Waals surface area contributed by atoms with Gasteiger partial charge in [-0.2, -0.15) is 0 Å². The Balaban J connectivity index is 2.03. The molecule has 1 heterocycles. The molecule has 2 rings (SSSR count). The van der Waals surface area contributed by atoms with Gasteiger partial charge < -0.3 is 11.1 Å². The second kappa shape index (κ2) is 6.63. The van der Waals surface area contributed by atoms with Gasteiger partial charge in [0.25, 0.3) is 0 Å². The highest BCUT2D eigenvalue weighted by molar-refractivity contribution is 7.13. The van der Waals surface area contributed by atoms with Crippen LogP contribution in [-0.4, -0.2) is 16.9 Å². The summed E-state index contributed by atoms with van der Waals surface area (Å²) in [6.07, 6.45) is 1.60. The first kappa shape index (κ1) is 14.7. The van der Waals surface area contributed by atoms with E-state index in [2.05, 4.69) is 10.3 Å². The van der Waals surface area contributed by atoms with Crippen LogP contribution in [0.5, 0.6) is 0 Å². The Labute approximate surface area is 123 Å². The number of amides is 1. The summed E-state index contributed by atoms with van der Waals surface area (Å²) < 4.78 is 0. The van der Waals surface area contributed by atoms with E-state index in [0.29, 0.717) is 6.42 Å². The molecular weight excluding hydrogens is 270 g/mol. The Morgan fingerprint density at radius 2 is 2.10 bits per heavy atom. The zero-order chi connectivity index (χ0) is 14.5. The maximum Gasteiger partial charge on any atom is 0.241 e. The largest absolute Gasteiger partial charge is 0.325 e. The van der Waals surface area contributed by atoms with E-state index in [1.54, 1.807) is 11.3 Å². The maximum atomic E-state index is 11.8. The van der Waals surface area contributed by atoms with Crippen molar-refractivity contribution in [2.75, 3.05) is 5.32 Å². The Bertz CT molecular complexity index is 577. The van der Waals surface area contributed by atoms with Crippen molar-refractivity contribution in [2.24, 2.45) is 5.73 Å². The molecule has 1 aromatic carbocycles. The van der Waals surface area contributed by atoms with Gasteiger partial charge in [-0.3, -0.25) is 4.79 Å². The normalized spacial score (nSPS) is 12.2. The molecule has 0 bridgehead atoms. The van der Waals surface area contributed by atoms with Crippen molar-refractivity contribution in [3.05, 3.63) is 35.3 Å². The molecule has 0 aliphatic carbocycles. The maximum absolute atomic E-state index is 11.8. The fraction of sp³-hybridized carbons (Fsp3) is 0.333. The minimum absolute atomic E-state index is 0.135. The number of anilines is 1. The minimum Gasteiger partial charge on any atom is -0.325 e. The van der Waals surface area contributed by atoms with E-state index in [0.717, 1.165) is 28.4 Å². The molecule has 1 atom stereocenters. The van der Waals surface area contributed by atoms with Gasteiger partial charge in [0.2, 0.25) is 5.91 Å². The van der Waals surface area contributed by atoms with E-state index in [1.807, 2.05) is 43.5 Å². The molecule has 0 saturated heterocycles. The smallest absolute Gasteiger partial charge is 0.241 e. The lowest BCUT2D eigenvalue weighted by atomic mass is 10.1. The third kappa shape index (κ3) is 3.65. The van der Waals surface area contributed by atoms with Gasteiger partial charge in [-0.15, -0.1) is 11.3 Å². The van der Waals surface area contributed by atoms with Gasteiger partial charge in [0.15, 0.2) is 0 Å². The highest BCUT2D eigenvalue weighted by atomic mass is 32.1. The molecule has 3 N–H and O–H groups in total. The molecule has 2 aromatic rings. The molecule has 1 aromatic heterocycles. The molecule has 0 aliphatic heterocycles. The second-order valence-corrected chi connectivity index (χ2v) is 5.61. The Kier molecular flexibility index (Phi) is 4.87. The molecule has 0 spiro atoms. The van der Waals surface area contributed by atoms with E-state index in [9.17, 15) is 4.79 Å². The summed E-state index contributed by atoms with van der Waals surface area (Å²) in [5, 5.41) is 5.84. The van der Waals surface area contributed by atoms with Gasteiger partial charge >= 0.3 is 0 Å². The number of hydrogen-bond acceptors (Lipinski definition) is 4. The predicted octanol–water partition coefficient (Wildman–Crippen LogP) is 3.18. The summed E-state index contributed by atoms with van der Waals surface area (Å²) in [5.74, 6) is -0.135. The average molecular weight is 289 g/mol. The number of nitrogens with one attached hydrogen (secondary N) is 1. The first-order valence-corrected chi connectivity index (χ1v) is 7.57. The lowest BCUT2D eigenvalue weighted by Gasteiger charge is -2.11. The first-order chi connectivity index (χ1) is 9.60. The van der Waals surface area contributed by atoms with Crippen molar-refractivity contribution in [1.82, 2.24) is 4.98 Å². The second-order valence-electron chi connectivity index (χ2n) is 4.76. The molecule has 20 heavy (non-hydrogen) atoms. The summed E-state index contributed by atoms with van der Waals surface area (Å²) >= 11 is 1.62. The average Bonchev–Trinajstić information content (AvgIpc) is 2.86. The highest BCUT2D eigenvalue weighted by Crippen LogP contribution is 2.24. The number of benzene rings is 1. The van der Waals surface area contributed by atoms with E-state index in [-0.39, 0.29) is 5.91 Å². The molecule has 0 fully saturated rings. The number of thiazole rings is 1. The molecule has 5 heteroatoms. The number of hydrogen-bond donors (Lipinski definition) is 2. The quantitative estimate of drug-likeness (QED) is 0.888. The van der Waals surface area contributed by atoms with Crippen molar-refractivity contribution in [1.29, 1.82) is 0 Å². The standard InChI is InChI=1S/C15H19N3OS/c1-3-4-13(16)14(19)18-12-7-5-11(6-8-12)15-17-10(2)9-20-15/h5-9,13H,3-4,16H2,1-2H3,(H,18,19). The Morgan fingerprint density at radius 3 is 2.65 bits per heavy atom. The topological polar surface area (TPSA) is 68.0 Å². The number of rotatable bonds is 5. The molecule has 4 nitrogen and oxygen atoms in total. The summed E-state index contributed by atoms with van der Waals surface area (Å²) in [5.41, 5.74) is 8.62. The summed E-state index contributed by atoms with van der Waals surface area (Å²) in [6.45, 7) is 3.99. The first-order valence-electron chi connectivity index (χ1n) is 6.69. The van der Waals surface area contributed by atoms with Crippen LogP contribution in [0.1, 0.15) is 25.5 Å². The van der Waals surface area contributed by atoms with Crippen molar-refractivity contribution < 1.29 is 4.79 Å². The zero-order valence-electron chi connectivity index (χ0n) is 11.7. The van der Waals surface area contributed by atoms with Crippen LogP contribution < -0.4 is 11.1 Å². The van der Waals surface area contributed by atoms with E-state index < -0.39 is 6.04 Å². The number of aromatic nitrogens is 1. The fourth-order valence-corrected chi connectivity index (χ4v) is 2.66. The predicted molar refractivity (Wildman–Crippen MR) is 83.8 cm³/mol. The van der Waals surface area contributed by atoms with Gasteiger partial charge in [-0.05, 0) is 37.6 Å². The van der Waals surface area contributed by atoms with Crippen molar-refractivity contribution in [2.45, 2.75) is 32.7 Å². The third-order valence-corrected chi connectivity index (χ3v) is 3.96. The van der Waals surface area contributed by atoms with Crippen LogP contribution in [0.4, 0.5) is 5.69 Å². The van der Waals surface area contributed by atoms with Crippen LogP contribution in [0.3, 0.4) is 0 Å². The van der Waals surface area contributed by atoms with Gasteiger partial charge in [-0.1, -0.05) is 13.3 Å². The van der Waals surface area contributed by atoms with Gasteiger partial charge in [-0.25, -0.2) is 4.98 Å². The summed E-state index contributed by atoms with van der Waals surface area (Å²) in [4.78, 5) is 16.2. The molecule has 0 aliphatic rings. The van der Waals surface area contributed by atoms with Crippen molar-refractivity contribution in [3.63, 3.8) is 0 Å². The number of carbonyl (C=O) groups excluding carboxylic acids is 1. The van der Waals surface area contributed by atoms with Crippen LogP contribution in [-0.2, 0) is 4.79 Å². The van der Waals surface area contributed by atoms with Crippen molar-refractivity contribution in [3.8, 4) is 10.6 Å². The number of aryl methyl sites for hydroxylation is 1. The van der Waals surface area contributed by atoms with Gasteiger partial charge in [0, 0.05) is 22.3 Å². The SMILES string of the molecule is CCCC(N)C(=O)Nc1ccc(-c2nc(C)cs2)cc1. The lowest BCUT2D eigenvalue weighted by molar-refractivity contribution is -0.117. The van der Waals surface area contributed by atoms with Gasteiger partial charge in [0.05, 0.1) is 6.04 Å². The zero-order valence-corrected chi connectivity index (χ0v) is 12.5. The highest BCUT2D eigenvalue weighted by Gasteiger charge is 2.12. The van der Waals surface area contributed by atoms with Crippen LogP contribution >= 0.6 is 11.3 Å². The number of carbonyl (C=O) groups is 1. The van der Waals surface area contributed by atoms with E-state index in [4.69, 9.17) is 5.73 Å². The van der Waals surface area contributed by atoms with Crippen molar-refractivity contribution >= 4 is 22.9 Å². The molecule has 1 amide bonds.